The monoisotopic (exact) mass is 233 g/mol. The molecule has 1 saturated carbocycles. The Labute approximate surface area is 90.3 Å². The predicted octanol–water partition coefficient (Wildman–Crippen LogP) is 2.83. The van der Waals surface area contributed by atoms with Gasteiger partial charge in [0.2, 0.25) is 0 Å². The Balaban J connectivity index is 2.50. The summed E-state index contributed by atoms with van der Waals surface area (Å²) in [5.74, 6) is -1.17. The van der Waals surface area contributed by atoms with E-state index in [1.54, 1.807) is 0 Å². The van der Waals surface area contributed by atoms with Gasteiger partial charge < -0.3 is 5.73 Å². The molecule has 0 aromatic heterocycles. The van der Waals surface area contributed by atoms with E-state index in [1.165, 1.54) is 12.1 Å². The highest BCUT2D eigenvalue weighted by Crippen LogP contribution is 2.49. The summed E-state index contributed by atoms with van der Waals surface area (Å²) in [6, 6.07) is 3.38. The van der Waals surface area contributed by atoms with E-state index in [1.807, 2.05) is 0 Å². The molecular weight excluding hydrogens is 222 g/mol. The number of benzene rings is 1. The Kier molecular flexibility index (Phi) is 2.45. The summed E-state index contributed by atoms with van der Waals surface area (Å²) in [7, 11) is 0. The average Bonchev–Trinajstić information content (AvgIpc) is 2.97. The Morgan fingerprint density at radius 1 is 1.25 bits per heavy atom. The predicted molar refractivity (Wildman–Crippen MR) is 51.4 cm³/mol. The fourth-order valence-corrected chi connectivity index (χ4v) is 1.89. The Morgan fingerprint density at radius 3 is 2.31 bits per heavy atom. The van der Waals surface area contributed by atoms with Gasteiger partial charge >= 0.3 is 6.18 Å². The molecule has 0 heterocycles. The third-order valence-corrected chi connectivity index (χ3v) is 3.12. The minimum atomic E-state index is -4.65. The van der Waals surface area contributed by atoms with Gasteiger partial charge in [0, 0.05) is 12.0 Å². The topological polar surface area (TPSA) is 26.0 Å². The van der Waals surface area contributed by atoms with E-state index in [0.29, 0.717) is 12.8 Å². The average molecular weight is 233 g/mol. The van der Waals surface area contributed by atoms with Crippen LogP contribution in [0.1, 0.15) is 24.0 Å². The highest BCUT2D eigenvalue weighted by molar-refractivity contribution is 5.37. The maximum atomic E-state index is 13.7. The second-order valence-electron chi connectivity index (χ2n) is 4.15. The molecule has 5 heteroatoms. The van der Waals surface area contributed by atoms with E-state index in [9.17, 15) is 17.6 Å². The molecule has 1 aliphatic rings. The van der Waals surface area contributed by atoms with Crippen LogP contribution in [0.5, 0.6) is 0 Å². The van der Waals surface area contributed by atoms with Crippen molar-refractivity contribution in [3.05, 3.63) is 35.1 Å². The van der Waals surface area contributed by atoms with Gasteiger partial charge in [0.15, 0.2) is 0 Å². The van der Waals surface area contributed by atoms with E-state index >= 15 is 0 Å². The molecule has 1 aliphatic carbocycles. The Bertz CT molecular complexity index is 407. The fraction of sp³-hybridized carbons (Fsp3) is 0.455. The maximum Gasteiger partial charge on any atom is 0.419 e. The third-order valence-electron chi connectivity index (χ3n) is 3.12. The van der Waals surface area contributed by atoms with Crippen LogP contribution < -0.4 is 5.73 Å². The van der Waals surface area contributed by atoms with Crippen molar-refractivity contribution in [2.45, 2.75) is 24.4 Å². The summed E-state index contributed by atoms with van der Waals surface area (Å²) >= 11 is 0. The SMILES string of the molecule is NCC1(c2cccc(C(F)(F)F)c2F)CC1. The van der Waals surface area contributed by atoms with Crippen LogP contribution in [-0.2, 0) is 11.6 Å². The third kappa shape index (κ3) is 1.69. The van der Waals surface area contributed by atoms with Crippen molar-refractivity contribution in [1.82, 2.24) is 0 Å². The van der Waals surface area contributed by atoms with Crippen molar-refractivity contribution in [3.63, 3.8) is 0 Å². The normalized spacial score (nSPS) is 18.6. The first-order valence-electron chi connectivity index (χ1n) is 4.97. The van der Waals surface area contributed by atoms with Crippen molar-refractivity contribution in [2.75, 3.05) is 6.54 Å². The molecule has 88 valence electrons. The highest BCUT2D eigenvalue weighted by atomic mass is 19.4. The summed E-state index contributed by atoms with van der Waals surface area (Å²) in [6.45, 7) is 0.186. The molecule has 0 amide bonds. The Hall–Kier alpha value is -1.10. The summed E-state index contributed by atoms with van der Waals surface area (Å²) < 4.78 is 51.1. The van der Waals surface area contributed by atoms with Crippen LogP contribution in [0.15, 0.2) is 18.2 Å². The number of rotatable bonds is 2. The van der Waals surface area contributed by atoms with Crippen LogP contribution in [0.2, 0.25) is 0 Å². The summed E-state index contributed by atoms with van der Waals surface area (Å²) in [6.07, 6.45) is -3.34. The van der Waals surface area contributed by atoms with Gasteiger partial charge in [-0.15, -0.1) is 0 Å². The highest BCUT2D eigenvalue weighted by Gasteiger charge is 2.46. The van der Waals surface area contributed by atoms with Crippen LogP contribution in [0.25, 0.3) is 0 Å². The summed E-state index contributed by atoms with van der Waals surface area (Å²) in [4.78, 5) is 0. The maximum absolute atomic E-state index is 13.7. The molecule has 0 unspecified atom stereocenters. The molecule has 1 fully saturated rings. The first-order valence-corrected chi connectivity index (χ1v) is 4.97. The molecule has 0 saturated heterocycles. The lowest BCUT2D eigenvalue weighted by atomic mass is 9.93. The summed E-state index contributed by atoms with van der Waals surface area (Å²) in [5, 5.41) is 0. The zero-order valence-corrected chi connectivity index (χ0v) is 8.44. The molecule has 0 spiro atoms. The number of hydrogen-bond donors (Lipinski definition) is 1. The minimum absolute atomic E-state index is 0.102. The lowest BCUT2D eigenvalue weighted by molar-refractivity contribution is -0.140. The first-order chi connectivity index (χ1) is 7.41. The molecule has 1 aromatic carbocycles. The van der Waals surface area contributed by atoms with Crippen molar-refractivity contribution in [1.29, 1.82) is 0 Å². The molecule has 1 nitrogen and oxygen atoms in total. The van der Waals surface area contributed by atoms with Crippen LogP contribution in [0.4, 0.5) is 17.6 Å². The minimum Gasteiger partial charge on any atom is -0.330 e. The molecule has 0 atom stereocenters. The fourth-order valence-electron chi connectivity index (χ4n) is 1.89. The van der Waals surface area contributed by atoms with Crippen molar-refractivity contribution in [3.8, 4) is 0 Å². The van der Waals surface area contributed by atoms with Gasteiger partial charge in [-0.2, -0.15) is 13.2 Å². The number of alkyl halides is 3. The molecule has 1 aromatic rings. The van der Waals surface area contributed by atoms with Gasteiger partial charge in [-0.3, -0.25) is 0 Å². The first kappa shape index (κ1) is 11.4. The second kappa shape index (κ2) is 3.45. The smallest absolute Gasteiger partial charge is 0.330 e. The van der Waals surface area contributed by atoms with E-state index in [2.05, 4.69) is 0 Å². The quantitative estimate of drug-likeness (QED) is 0.781. The lowest BCUT2D eigenvalue weighted by Crippen LogP contribution is -2.22. The van der Waals surface area contributed by atoms with Crippen LogP contribution in [0.3, 0.4) is 0 Å². The molecular formula is C11H11F4N. The molecule has 0 radical (unpaired) electrons. The van der Waals surface area contributed by atoms with Gasteiger partial charge in [-0.1, -0.05) is 12.1 Å². The number of hydrogen-bond acceptors (Lipinski definition) is 1. The van der Waals surface area contributed by atoms with E-state index in [0.717, 1.165) is 6.07 Å². The number of nitrogens with two attached hydrogens (primary N) is 1. The standard InChI is InChI=1S/C11H11F4N/c12-9-7(10(6-16)4-5-10)2-1-3-8(9)11(13,14)15/h1-3H,4-6,16H2. The van der Waals surface area contributed by atoms with E-state index in [4.69, 9.17) is 5.73 Å². The van der Waals surface area contributed by atoms with Gasteiger partial charge in [0.05, 0.1) is 5.56 Å². The van der Waals surface area contributed by atoms with Crippen LogP contribution in [0, 0.1) is 5.82 Å². The van der Waals surface area contributed by atoms with Gasteiger partial charge in [-0.05, 0) is 24.5 Å². The van der Waals surface area contributed by atoms with Crippen molar-refractivity contribution < 1.29 is 17.6 Å². The van der Waals surface area contributed by atoms with Gasteiger partial charge in [0.1, 0.15) is 5.82 Å². The molecule has 2 rings (SSSR count). The van der Waals surface area contributed by atoms with Crippen LogP contribution >= 0.6 is 0 Å². The molecule has 0 aliphatic heterocycles. The second-order valence-corrected chi connectivity index (χ2v) is 4.15. The van der Waals surface area contributed by atoms with Crippen molar-refractivity contribution >= 4 is 0 Å². The molecule has 2 N–H and O–H groups in total. The number of halogens is 4. The van der Waals surface area contributed by atoms with Crippen LogP contribution in [-0.4, -0.2) is 6.54 Å². The van der Waals surface area contributed by atoms with Gasteiger partial charge in [0.25, 0.3) is 0 Å². The van der Waals surface area contributed by atoms with E-state index in [-0.39, 0.29) is 12.1 Å². The zero-order valence-electron chi connectivity index (χ0n) is 8.44. The molecule has 16 heavy (non-hydrogen) atoms. The lowest BCUT2D eigenvalue weighted by Gasteiger charge is -2.17. The van der Waals surface area contributed by atoms with E-state index < -0.39 is 23.0 Å². The zero-order chi connectivity index (χ0) is 12.0. The molecule has 0 bridgehead atoms. The summed E-state index contributed by atoms with van der Waals surface area (Å²) in [5.41, 5.74) is 3.81. The largest absolute Gasteiger partial charge is 0.419 e. The van der Waals surface area contributed by atoms with Crippen molar-refractivity contribution in [2.24, 2.45) is 5.73 Å². The van der Waals surface area contributed by atoms with Gasteiger partial charge in [-0.25, -0.2) is 4.39 Å². The Morgan fingerprint density at radius 2 is 1.88 bits per heavy atom.